The molecular formula is C26H47N13O14. The number of carbonyl (C=O) groups is 7. The molecule has 0 heterocycles. The van der Waals surface area contributed by atoms with Crippen LogP contribution in [0.5, 0.6) is 0 Å². The molecule has 0 bridgehead atoms. The summed E-state index contributed by atoms with van der Waals surface area (Å²) in [4.78, 5) is 114. The third-order valence-corrected chi connectivity index (χ3v) is 5.91. The van der Waals surface area contributed by atoms with Crippen molar-refractivity contribution in [1.82, 2.24) is 0 Å². The fraction of sp³-hybridized carbons (Fsp3) is 0.615. The molecule has 0 amide bonds. The molecule has 0 aromatic rings. The van der Waals surface area contributed by atoms with Crippen LogP contribution in [-0.4, -0.2) is 116 Å². The van der Waals surface area contributed by atoms with Gasteiger partial charge in [0.25, 0.3) is 0 Å². The molecule has 0 aromatic carbocycles. The van der Waals surface area contributed by atoms with E-state index in [1.807, 2.05) is 0 Å². The SMILES string of the molecule is NC(N)=NCCCC(N)C(=O)OOC(=O)COC(=O)CC(N)C(=O)OC(OC(=O)C(N)CCCN=C(N)N)C(=O)OOC(=O)C(N)CCCN=C(N)N. The Bertz CT molecular complexity index is 1330. The maximum Gasteiger partial charge on any atom is 0.436 e. The Morgan fingerprint density at radius 3 is 1.23 bits per heavy atom. The summed E-state index contributed by atoms with van der Waals surface area (Å²) in [5.41, 5.74) is 53.8. The average Bonchev–Trinajstić information content (AvgIpc) is 3.09. The van der Waals surface area contributed by atoms with E-state index in [9.17, 15) is 33.6 Å². The molecule has 5 unspecified atom stereocenters. The van der Waals surface area contributed by atoms with Crippen LogP contribution in [-0.2, 0) is 67.3 Å². The van der Waals surface area contributed by atoms with Gasteiger partial charge in [0, 0.05) is 19.6 Å². The lowest BCUT2D eigenvalue weighted by atomic mass is 10.2. The van der Waals surface area contributed by atoms with Crippen molar-refractivity contribution in [3.63, 3.8) is 0 Å². The molecule has 0 fully saturated rings. The summed E-state index contributed by atoms with van der Waals surface area (Å²) >= 11 is 0. The van der Waals surface area contributed by atoms with E-state index < -0.39 is 85.3 Å². The quantitative estimate of drug-likeness (QED) is 0.00878. The maximum absolute atomic E-state index is 12.6. The normalized spacial score (nSPS) is 13.2. The molecule has 53 heavy (non-hydrogen) atoms. The van der Waals surface area contributed by atoms with Crippen LogP contribution in [0, 0.1) is 0 Å². The minimum atomic E-state index is -2.57. The topological polar surface area (TPSA) is 481 Å². The number of ether oxygens (including phenoxy) is 3. The molecule has 27 nitrogen and oxygen atoms in total. The molecule has 300 valence electrons. The van der Waals surface area contributed by atoms with Crippen molar-refractivity contribution in [3.05, 3.63) is 0 Å². The summed E-state index contributed by atoms with van der Waals surface area (Å²) in [6, 6.07) is -5.84. The van der Waals surface area contributed by atoms with Gasteiger partial charge < -0.3 is 71.5 Å². The van der Waals surface area contributed by atoms with E-state index >= 15 is 0 Å². The number of rotatable bonds is 23. The third-order valence-electron chi connectivity index (χ3n) is 5.91. The number of hydrogen-bond donors (Lipinski definition) is 10. The predicted octanol–water partition coefficient (Wildman–Crippen LogP) is -7.20. The first-order valence-corrected chi connectivity index (χ1v) is 15.4. The van der Waals surface area contributed by atoms with Crippen LogP contribution in [0.15, 0.2) is 15.0 Å². The van der Waals surface area contributed by atoms with Gasteiger partial charge in [0.1, 0.15) is 24.2 Å². The second kappa shape index (κ2) is 25.8. The van der Waals surface area contributed by atoms with Crippen LogP contribution in [0.3, 0.4) is 0 Å². The number of esters is 3. The second-order valence-corrected chi connectivity index (χ2v) is 10.5. The third kappa shape index (κ3) is 23.1. The Labute approximate surface area is 301 Å². The smallest absolute Gasteiger partial charge is 0.436 e. The van der Waals surface area contributed by atoms with E-state index in [0.717, 1.165) is 0 Å². The summed E-state index contributed by atoms with van der Waals surface area (Å²) in [6.45, 7) is -0.730. The molecular weight excluding hydrogens is 718 g/mol. The lowest BCUT2D eigenvalue weighted by Gasteiger charge is -2.20. The molecule has 27 heteroatoms. The van der Waals surface area contributed by atoms with Crippen molar-refractivity contribution in [2.75, 3.05) is 26.2 Å². The maximum atomic E-state index is 12.6. The Kier molecular flexibility index (Phi) is 22.9. The zero-order valence-electron chi connectivity index (χ0n) is 28.5. The van der Waals surface area contributed by atoms with E-state index in [1.165, 1.54) is 0 Å². The Morgan fingerprint density at radius 2 is 0.811 bits per heavy atom. The van der Waals surface area contributed by atoms with E-state index in [4.69, 9.17) is 66.8 Å². The standard InChI is InChI=1S/C26H47N13O14/c27-12(4-1-7-37-24(31)32)18(42)48-23(22(46)53-52-21(45)14(29)6-3-9-39-26(35)36)49-19(43)15(30)10-16(40)47-11-17(41)50-51-20(44)13(28)5-2-8-38-25(33)34/h12-15,23H,1-11,27-30H2,(H4,31,32,37)(H4,33,34,38)(H4,35,36,39). The molecule has 5 atom stereocenters. The van der Waals surface area contributed by atoms with Gasteiger partial charge in [0.05, 0.1) is 6.42 Å². The lowest BCUT2D eigenvalue weighted by molar-refractivity contribution is -0.277. The first-order valence-electron chi connectivity index (χ1n) is 15.4. The van der Waals surface area contributed by atoms with Crippen molar-refractivity contribution < 1.29 is 67.3 Å². The molecule has 0 saturated carbocycles. The highest BCUT2D eigenvalue weighted by molar-refractivity contribution is 5.87. The Balaban J connectivity index is 5.20. The van der Waals surface area contributed by atoms with Gasteiger partial charge in [-0.05, 0) is 38.5 Å². The first-order chi connectivity index (χ1) is 24.8. The van der Waals surface area contributed by atoms with Crippen LogP contribution >= 0.6 is 0 Å². The molecule has 0 aliphatic rings. The zero-order valence-corrected chi connectivity index (χ0v) is 28.5. The van der Waals surface area contributed by atoms with Gasteiger partial charge in [0.2, 0.25) is 0 Å². The zero-order chi connectivity index (χ0) is 40.5. The number of hydrogen-bond acceptors (Lipinski definition) is 21. The molecule has 20 N–H and O–H groups in total. The Morgan fingerprint density at radius 1 is 0.453 bits per heavy atom. The summed E-state index contributed by atoms with van der Waals surface area (Å²) in [6.07, 6.45) is -2.85. The number of guanidine groups is 3. The minimum absolute atomic E-state index is 0.0138. The monoisotopic (exact) mass is 765 g/mol. The molecule has 0 radical (unpaired) electrons. The van der Waals surface area contributed by atoms with Gasteiger partial charge in [-0.3, -0.25) is 29.4 Å². The second-order valence-electron chi connectivity index (χ2n) is 10.5. The minimum Gasteiger partial charge on any atom is -0.453 e. The van der Waals surface area contributed by atoms with Crippen molar-refractivity contribution in [1.29, 1.82) is 0 Å². The molecule has 0 rings (SSSR count). The van der Waals surface area contributed by atoms with Crippen molar-refractivity contribution >= 4 is 59.7 Å². The van der Waals surface area contributed by atoms with Gasteiger partial charge in [-0.25, -0.2) is 38.7 Å². The predicted molar refractivity (Wildman–Crippen MR) is 178 cm³/mol. The van der Waals surface area contributed by atoms with E-state index in [-0.39, 0.29) is 69.6 Å². The van der Waals surface area contributed by atoms with Crippen LogP contribution in [0.2, 0.25) is 0 Å². The van der Waals surface area contributed by atoms with E-state index in [0.29, 0.717) is 6.42 Å². The summed E-state index contributed by atoms with van der Waals surface area (Å²) in [7, 11) is 0. The number of carbonyl (C=O) groups excluding carboxylic acids is 7. The van der Waals surface area contributed by atoms with Crippen LogP contribution in [0.25, 0.3) is 0 Å². The van der Waals surface area contributed by atoms with Gasteiger partial charge in [-0.15, -0.1) is 0 Å². The van der Waals surface area contributed by atoms with Crippen molar-refractivity contribution in [2.24, 2.45) is 72.3 Å². The summed E-state index contributed by atoms with van der Waals surface area (Å²) in [5, 5.41) is 0. The summed E-state index contributed by atoms with van der Waals surface area (Å²) < 4.78 is 14.2. The van der Waals surface area contributed by atoms with Crippen molar-refractivity contribution in [2.45, 2.75) is 75.4 Å². The van der Waals surface area contributed by atoms with Gasteiger partial charge in [0.15, 0.2) is 24.5 Å². The summed E-state index contributed by atoms with van der Waals surface area (Å²) in [5.74, 6) is -10.2. The van der Waals surface area contributed by atoms with Gasteiger partial charge in [-0.2, -0.15) is 0 Å². The van der Waals surface area contributed by atoms with Crippen LogP contribution in [0.4, 0.5) is 0 Å². The largest absolute Gasteiger partial charge is 0.453 e. The number of aliphatic imine (C=N–C) groups is 3. The fourth-order valence-corrected chi connectivity index (χ4v) is 3.24. The fourth-order valence-electron chi connectivity index (χ4n) is 3.24. The average molecular weight is 766 g/mol. The highest BCUT2D eigenvalue weighted by Gasteiger charge is 2.35. The van der Waals surface area contributed by atoms with E-state index in [1.54, 1.807) is 0 Å². The molecule has 0 spiro atoms. The van der Waals surface area contributed by atoms with Crippen LogP contribution < -0.4 is 57.3 Å². The van der Waals surface area contributed by atoms with E-state index in [2.05, 4.69) is 39.3 Å². The molecule has 0 aliphatic carbocycles. The lowest BCUT2D eigenvalue weighted by Crippen LogP contribution is -2.44. The van der Waals surface area contributed by atoms with Gasteiger partial charge in [-0.1, -0.05) is 0 Å². The number of nitrogens with two attached hydrogens (primary N) is 10. The van der Waals surface area contributed by atoms with Crippen LogP contribution in [0.1, 0.15) is 44.9 Å². The molecule has 0 aliphatic heterocycles. The van der Waals surface area contributed by atoms with Gasteiger partial charge >= 0.3 is 48.1 Å². The number of nitrogens with zero attached hydrogens (tertiary/aromatic N) is 3. The first kappa shape index (κ1) is 46.9. The highest BCUT2D eigenvalue weighted by atomic mass is 17.2. The molecule has 0 saturated heterocycles. The molecule has 0 aromatic heterocycles. The highest BCUT2D eigenvalue weighted by Crippen LogP contribution is 2.09. The van der Waals surface area contributed by atoms with Crippen molar-refractivity contribution in [3.8, 4) is 0 Å². The Hall–Kier alpha value is -6.06.